The fourth-order valence-corrected chi connectivity index (χ4v) is 1.62. The van der Waals surface area contributed by atoms with Crippen molar-refractivity contribution in [3.63, 3.8) is 0 Å². The highest BCUT2D eigenvalue weighted by Crippen LogP contribution is 2.13. The molecule has 102 valence electrons. The van der Waals surface area contributed by atoms with Crippen LogP contribution < -0.4 is 10.6 Å². The minimum Gasteiger partial charge on any atom is -0.396 e. The van der Waals surface area contributed by atoms with Crippen LogP contribution in [-0.2, 0) is 0 Å². The minimum absolute atomic E-state index is 0.0389. The van der Waals surface area contributed by atoms with Gasteiger partial charge in [-0.1, -0.05) is 0 Å². The number of aliphatic hydroxyl groups is 1. The average molecular weight is 254 g/mol. The zero-order valence-electron chi connectivity index (χ0n) is 11.4. The third kappa shape index (κ3) is 4.03. The van der Waals surface area contributed by atoms with E-state index in [-0.39, 0.29) is 18.7 Å². The Kier molecular flexibility index (Phi) is 4.72. The Labute approximate surface area is 107 Å². The molecule has 0 spiro atoms. The van der Waals surface area contributed by atoms with E-state index in [2.05, 4.69) is 15.7 Å². The van der Waals surface area contributed by atoms with Gasteiger partial charge in [0.25, 0.3) is 0 Å². The van der Waals surface area contributed by atoms with Crippen LogP contribution in [0.4, 0.5) is 10.6 Å². The first-order chi connectivity index (χ1) is 8.35. The monoisotopic (exact) mass is 254 g/mol. The van der Waals surface area contributed by atoms with Gasteiger partial charge in [-0.2, -0.15) is 5.10 Å². The van der Waals surface area contributed by atoms with Gasteiger partial charge < -0.3 is 10.4 Å². The van der Waals surface area contributed by atoms with Crippen LogP contribution in [0.25, 0.3) is 0 Å². The Hall–Kier alpha value is -1.56. The number of aliphatic hydroxyl groups excluding tert-OH is 1. The summed E-state index contributed by atoms with van der Waals surface area (Å²) in [6, 6.07) is 1.63. The summed E-state index contributed by atoms with van der Waals surface area (Å²) in [7, 11) is 0. The van der Waals surface area contributed by atoms with E-state index in [1.165, 1.54) is 0 Å². The van der Waals surface area contributed by atoms with Crippen LogP contribution in [0.2, 0.25) is 0 Å². The smallest absolute Gasteiger partial charge is 0.320 e. The number of anilines is 1. The molecule has 1 rings (SSSR count). The number of nitrogens with one attached hydrogen (secondary N) is 2. The summed E-state index contributed by atoms with van der Waals surface area (Å²) in [5, 5.41) is 18.6. The van der Waals surface area contributed by atoms with Crippen molar-refractivity contribution >= 4 is 11.8 Å². The van der Waals surface area contributed by atoms with Crippen LogP contribution in [0.15, 0.2) is 12.3 Å². The van der Waals surface area contributed by atoms with E-state index in [9.17, 15) is 4.79 Å². The van der Waals surface area contributed by atoms with E-state index in [0.29, 0.717) is 12.2 Å². The highest BCUT2D eigenvalue weighted by molar-refractivity contribution is 5.88. The topological polar surface area (TPSA) is 79.2 Å². The van der Waals surface area contributed by atoms with Crippen molar-refractivity contribution in [3.8, 4) is 0 Å². The first-order valence-corrected chi connectivity index (χ1v) is 6.09. The summed E-state index contributed by atoms with van der Waals surface area (Å²) in [5.41, 5.74) is -0.443. The lowest BCUT2D eigenvalue weighted by molar-refractivity contribution is 0.218. The number of urea groups is 1. The van der Waals surface area contributed by atoms with E-state index in [1.54, 1.807) is 16.9 Å². The third-order valence-corrected chi connectivity index (χ3v) is 2.59. The van der Waals surface area contributed by atoms with Gasteiger partial charge in [-0.3, -0.25) is 5.32 Å². The second-order valence-electron chi connectivity index (χ2n) is 5.19. The number of hydrogen-bond acceptors (Lipinski definition) is 3. The SMILES string of the molecule is CC(C)n1nccc1NC(=O)NC(C)(C)CCO. The first kappa shape index (κ1) is 14.5. The second-order valence-corrected chi connectivity index (χ2v) is 5.19. The Morgan fingerprint density at radius 1 is 1.56 bits per heavy atom. The molecule has 0 unspecified atom stereocenters. The van der Waals surface area contributed by atoms with Gasteiger partial charge in [0.05, 0.1) is 6.20 Å². The van der Waals surface area contributed by atoms with Gasteiger partial charge in [-0.25, -0.2) is 9.48 Å². The number of nitrogens with zero attached hydrogens (tertiary/aromatic N) is 2. The minimum atomic E-state index is -0.443. The van der Waals surface area contributed by atoms with Crippen LogP contribution in [0, 0.1) is 0 Å². The molecular weight excluding hydrogens is 232 g/mol. The second kappa shape index (κ2) is 5.86. The summed E-state index contributed by atoms with van der Waals surface area (Å²) in [5.74, 6) is 0.655. The molecule has 0 saturated heterocycles. The van der Waals surface area contributed by atoms with Crippen LogP contribution in [-0.4, -0.2) is 33.1 Å². The molecular formula is C12H22N4O2. The normalized spacial score (nSPS) is 11.7. The molecule has 1 aromatic heterocycles. The summed E-state index contributed by atoms with van der Waals surface area (Å²) in [6.45, 7) is 7.75. The standard InChI is InChI=1S/C12H22N4O2/c1-9(2)16-10(5-7-13-16)14-11(18)15-12(3,4)6-8-17/h5,7,9,17H,6,8H2,1-4H3,(H2,14,15,18). The maximum Gasteiger partial charge on any atom is 0.320 e. The quantitative estimate of drug-likeness (QED) is 0.749. The van der Waals surface area contributed by atoms with Crippen LogP contribution in [0.1, 0.15) is 40.2 Å². The number of aromatic nitrogens is 2. The van der Waals surface area contributed by atoms with Crippen molar-refractivity contribution in [3.05, 3.63) is 12.3 Å². The summed E-state index contributed by atoms with van der Waals surface area (Å²) < 4.78 is 1.73. The van der Waals surface area contributed by atoms with E-state index in [1.807, 2.05) is 27.7 Å². The van der Waals surface area contributed by atoms with Crippen molar-refractivity contribution in [1.29, 1.82) is 0 Å². The van der Waals surface area contributed by atoms with Gasteiger partial charge in [0.2, 0.25) is 0 Å². The summed E-state index contributed by atoms with van der Waals surface area (Å²) >= 11 is 0. The van der Waals surface area contributed by atoms with Crippen molar-refractivity contribution in [2.24, 2.45) is 0 Å². The molecule has 6 heteroatoms. The highest BCUT2D eigenvalue weighted by atomic mass is 16.3. The molecule has 0 bridgehead atoms. The predicted molar refractivity (Wildman–Crippen MR) is 70.5 cm³/mol. The van der Waals surface area contributed by atoms with Crippen molar-refractivity contribution in [2.45, 2.75) is 45.7 Å². The molecule has 0 aliphatic heterocycles. The zero-order valence-corrected chi connectivity index (χ0v) is 11.4. The van der Waals surface area contributed by atoms with Gasteiger partial charge in [0.15, 0.2) is 0 Å². The lowest BCUT2D eigenvalue weighted by Crippen LogP contribution is -2.46. The zero-order chi connectivity index (χ0) is 13.8. The molecule has 0 aliphatic carbocycles. The molecule has 6 nitrogen and oxygen atoms in total. The Morgan fingerprint density at radius 2 is 2.22 bits per heavy atom. The lowest BCUT2D eigenvalue weighted by atomic mass is 10.0. The summed E-state index contributed by atoms with van der Waals surface area (Å²) in [6.07, 6.45) is 2.15. The highest BCUT2D eigenvalue weighted by Gasteiger charge is 2.20. The molecule has 1 aromatic rings. The largest absolute Gasteiger partial charge is 0.396 e. The first-order valence-electron chi connectivity index (χ1n) is 6.09. The maximum absolute atomic E-state index is 11.8. The predicted octanol–water partition coefficient (Wildman–Crippen LogP) is 1.75. The van der Waals surface area contributed by atoms with E-state index >= 15 is 0 Å². The van der Waals surface area contributed by atoms with Gasteiger partial charge in [-0.15, -0.1) is 0 Å². The molecule has 1 heterocycles. The van der Waals surface area contributed by atoms with Crippen LogP contribution in [0.3, 0.4) is 0 Å². The third-order valence-electron chi connectivity index (χ3n) is 2.59. The number of carbonyl (C=O) groups is 1. The molecule has 18 heavy (non-hydrogen) atoms. The van der Waals surface area contributed by atoms with E-state index < -0.39 is 5.54 Å². The van der Waals surface area contributed by atoms with Crippen molar-refractivity contribution in [2.75, 3.05) is 11.9 Å². The molecule has 0 fully saturated rings. The maximum atomic E-state index is 11.8. The van der Waals surface area contributed by atoms with Gasteiger partial charge in [0, 0.05) is 24.3 Å². The number of carbonyl (C=O) groups excluding carboxylic acids is 1. The number of amides is 2. The van der Waals surface area contributed by atoms with E-state index in [4.69, 9.17) is 5.11 Å². The molecule has 0 aromatic carbocycles. The lowest BCUT2D eigenvalue weighted by Gasteiger charge is -2.25. The average Bonchev–Trinajstić information content (AvgIpc) is 2.64. The van der Waals surface area contributed by atoms with Crippen LogP contribution in [0.5, 0.6) is 0 Å². The molecule has 0 saturated carbocycles. The molecule has 0 radical (unpaired) electrons. The van der Waals surface area contributed by atoms with Crippen LogP contribution >= 0.6 is 0 Å². The van der Waals surface area contributed by atoms with Crippen molar-refractivity contribution < 1.29 is 9.90 Å². The molecule has 0 atom stereocenters. The fourth-order valence-electron chi connectivity index (χ4n) is 1.62. The molecule has 2 amide bonds. The molecule has 0 aliphatic rings. The Bertz CT molecular complexity index is 399. The van der Waals surface area contributed by atoms with Crippen molar-refractivity contribution in [1.82, 2.24) is 15.1 Å². The van der Waals surface area contributed by atoms with Gasteiger partial charge >= 0.3 is 6.03 Å². The number of hydrogen-bond donors (Lipinski definition) is 3. The Morgan fingerprint density at radius 3 is 2.78 bits per heavy atom. The van der Waals surface area contributed by atoms with Gasteiger partial charge in [0.1, 0.15) is 5.82 Å². The molecule has 3 N–H and O–H groups in total. The number of rotatable bonds is 5. The fraction of sp³-hybridized carbons (Fsp3) is 0.667. The Balaban J connectivity index is 2.62. The summed E-state index contributed by atoms with van der Waals surface area (Å²) in [4.78, 5) is 11.8. The van der Waals surface area contributed by atoms with Gasteiger partial charge in [-0.05, 0) is 34.1 Å². The van der Waals surface area contributed by atoms with E-state index in [0.717, 1.165) is 0 Å².